The summed E-state index contributed by atoms with van der Waals surface area (Å²) in [5, 5.41) is 12.6. The fraction of sp³-hybridized carbons (Fsp3) is 0.556. The van der Waals surface area contributed by atoms with Gasteiger partial charge in [0.2, 0.25) is 0 Å². The normalized spacial score (nSPS) is 21.9. The van der Waals surface area contributed by atoms with Gasteiger partial charge < -0.3 is 10.2 Å². The third-order valence-corrected chi connectivity index (χ3v) is 4.71. The maximum Gasteiger partial charge on any atom is 0.154 e. The van der Waals surface area contributed by atoms with Crippen molar-refractivity contribution in [3.63, 3.8) is 0 Å². The topological polar surface area (TPSA) is 41.1 Å². The van der Waals surface area contributed by atoms with Crippen molar-refractivity contribution < 1.29 is 0 Å². The van der Waals surface area contributed by atoms with Crippen LogP contribution in [0, 0.1) is 13.8 Å². The molecule has 3 rings (SSSR count). The molecule has 0 bridgehead atoms. The molecule has 0 amide bonds. The van der Waals surface area contributed by atoms with Crippen LogP contribution in [-0.2, 0) is 6.42 Å². The molecule has 1 fully saturated rings. The van der Waals surface area contributed by atoms with Gasteiger partial charge >= 0.3 is 0 Å². The molecule has 0 spiro atoms. The quantitative estimate of drug-likeness (QED) is 0.931. The lowest BCUT2D eigenvalue weighted by atomic mass is 9.99. The minimum Gasteiger partial charge on any atom is -0.352 e. The molecule has 1 aromatic rings. The van der Waals surface area contributed by atoms with Crippen LogP contribution in [-0.4, -0.2) is 35.9 Å². The number of allylic oxidation sites excluding steroid dienone is 4. The van der Waals surface area contributed by atoms with Gasteiger partial charge in [0.1, 0.15) is 0 Å². The van der Waals surface area contributed by atoms with Gasteiger partial charge in [-0.25, -0.2) is 0 Å². The molecule has 0 saturated carbocycles. The van der Waals surface area contributed by atoms with Crippen molar-refractivity contribution in [2.24, 2.45) is 0 Å². The van der Waals surface area contributed by atoms with Crippen molar-refractivity contribution in [1.82, 2.24) is 15.5 Å². The zero-order valence-corrected chi connectivity index (χ0v) is 13.9. The Morgan fingerprint density at radius 2 is 2.09 bits per heavy atom. The second-order valence-electron chi connectivity index (χ2n) is 6.46. The molecular weight excluding hydrogens is 272 g/mol. The van der Waals surface area contributed by atoms with E-state index in [4.69, 9.17) is 0 Å². The van der Waals surface area contributed by atoms with E-state index in [0.29, 0.717) is 6.04 Å². The average molecular weight is 298 g/mol. The maximum atomic E-state index is 4.56. The summed E-state index contributed by atoms with van der Waals surface area (Å²) in [5.41, 5.74) is 5.05. The lowest BCUT2D eigenvalue weighted by Crippen LogP contribution is -2.49. The van der Waals surface area contributed by atoms with Gasteiger partial charge in [0, 0.05) is 32.1 Å². The van der Waals surface area contributed by atoms with Gasteiger partial charge in [0.15, 0.2) is 5.82 Å². The standard InChI is InChI=1S/C18H26N4/c1-13-12-22(10-9-19-13)18-15(3)14(2)17(20-21-18)11-16-7-5-4-6-8-16/h5,7-8,13,19H,4,6,9-12H2,1-3H3/t13-/m1/s1. The van der Waals surface area contributed by atoms with E-state index in [0.717, 1.165) is 50.4 Å². The fourth-order valence-corrected chi connectivity index (χ4v) is 3.23. The Morgan fingerprint density at radius 3 is 2.82 bits per heavy atom. The molecule has 0 radical (unpaired) electrons. The second-order valence-corrected chi connectivity index (χ2v) is 6.46. The molecule has 1 aromatic heterocycles. The summed E-state index contributed by atoms with van der Waals surface area (Å²) in [7, 11) is 0. The molecule has 4 nitrogen and oxygen atoms in total. The van der Waals surface area contributed by atoms with Crippen LogP contribution in [0.5, 0.6) is 0 Å². The monoisotopic (exact) mass is 298 g/mol. The molecule has 1 N–H and O–H groups in total. The van der Waals surface area contributed by atoms with Crippen LogP contribution >= 0.6 is 0 Å². The highest BCUT2D eigenvalue weighted by molar-refractivity contribution is 5.51. The Morgan fingerprint density at radius 1 is 1.23 bits per heavy atom. The Balaban J connectivity index is 1.81. The summed E-state index contributed by atoms with van der Waals surface area (Å²) < 4.78 is 0. The summed E-state index contributed by atoms with van der Waals surface area (Å²) in [4.78, 5) is 2.36. The van der Waals surface area contributed by atoms with Crippen LogP contribution in [0.2, 0.25) is 0 Å². The molecule has 118 valence electrons. The zero-order valence-electron chi connectivity index (χ0n) is 13.9. The van der Waals surface area contributed by atoms with Crippen molar-refractivity contribution >= 4 is 5.82 Å². The third-order valence-electron chi connectivity index (χ3n) is 4.71. The number of anilines is 1. The first-order valence-electron chi connectivity index (χ1n) is 8.32. The summed E-state index contributed by atoms with van der Waals surface area (Å²) in [6, 6.07) is 0.507. The molecule has 22 heavy (non-hydrogen) atoms. The van der Waals surface area contributed by atoms with Gasteiger partial charge in [-0.05, 0) is 50.3 Å². The number of rotatable bonds is 3. The van der Waals surface area contributed by atoms with Crippen LogP contribution in [0.15, 0.2) is 23.8 Å². The first-order chi connectivity index (χ1) is 10.6. The summed E-state index contributed by atoms with van der Waals surface area (Å²) in [6.07, 6.45) is 10.0. The Kier molecular flexibility index (Phi) is 4.57. The van der Waals surface area contributed by atoms with Crippen LogP contribution in [0.3, 0.4) is 0 Å². The SMILES string of the molecule is Cc1c(CC2=CCCC=C2)nnc(N2CCN[C@H](C)C2)c1C. The molecule has 1 saturated heterocycles. The van der Waals surface area contributed by atoms with Gasteiger partial charge in [-0.2, -0.15) is 5.10 Å². The third kappa shape index (κ3) is 3.22. The largest absolute Gasteiger partial charge is 0.352 e. The average Bonchev–Trinajstić information content (AvgIpc) is 2.53. The molecule has 0 unspecified atom stereocenters. The highest BCUT2D eigenvalue weighted by Crippen LogP contribution is 2.24. The van der Waals surface area contributed by atoms with Crippen LogP contribution in [0.1, 0.15) is 36.6 Å². The Bertz CT molecular complexity index is 603. The first kappa shape index (κ1) is 15.2. The van der Waals surface area contributed by atoms with Crippen LogP contribution in [0.4, 0.5) is 5.82 Å². The van der Waals surface area contributed by atoms with Gasteiger partial charge in [0.05, 0.1) is 5.69 Å². The fourth-order valence-electron chi connectivity index (χ4n) is 3.23. The van der Waals surface area contributed by atoms with Crippen molar-refractivity contribution in [1.29, 1.82) is 0 Å². The van der Waals surface area contributed by atoms with Crippen molar-refractivity contribution in [2.45, 2.75) is 46.1 Å². The van der Waals surface area contributed by atoms with Crippen LogP contribution in [0.25, 0.3) is 0 Å². The minimum absolute atomic E-state index is 0.507. The van der Waals surface area contributed by atoms with Gasteiger partial charge in [0.25, 0.3) is 0 Å². The summed E-state index contributed by atoms with van der Waals surface area (Å²) >= 11 is 0. The predicted octanol–water partition coefficient (Wildman–Crippen LogP) is 2.71. The van der Waals surface area contributed by atoms with E-state index in [2.05, 4.69) is 59.4 Å². The Hall–Kier alpha value is -1.68. The molecular formula is C18H26N4. The number of piperazine rings is 1. The minimum atomic E-state index is 0.507. The van der Waals surface area contributed by atoms with Crippen molar-refractivity contribution in [3.05, 3.63) is 40.6 Å². The van der Waals surface area contributed by atoms with E-state index in [9.17, 15) is 0 Å². The first-order valence-corrected chi connectivity index (χ1v) is 8.32. The van der Waals surface area contributed by atoms with Crippen LogP contribution < -0.4 is 10.2 Å². The number of aromatic nitrogens is 2. The Labute approximate surface area is 133 Å². The number of nitrogens with one attached hydrogen (secondary N) is 1. The zero-order chi connectivity index (χ0) is 15.5. The van der Waals surface area contributed by atoms with E-state index in [1.54, 1.807) is 0 Å². The van der Waals surface area contributed by atoms with Crippen molar-refractivity contribution in [3.8, 4) is 0 Å². The van der Waals surface area contributed by atoms with E-state index in [1.807, 2.05) is 0 Å². The molecule has 1 aliphatic carbocycles. The molecule has 4 heteroatoms. The van der Waals surface area contributed by atoms with Gasteiger partial charge in [-0.1, -0.05) is 18.2 Å². The maximum absolute atomic E-state index is 4.56. The van der Waals surface area contributed by atoms with E-state index in [-0.39, 0.29) is 0 Å². The lowest BCUT2D eigenvalue weighted by Gasteiger charge is -2.33. The summed E-state index contributed by atoms with van der Waals surface area (Å²) in [5.74, 6) is 1.06. The predicted molar refractivity (Wildman–Crippen MR) is 91.3 cm³/mol. The van der Waals surface area contributed by atoms with Crippen molar-refractivity contribution in [2.75, 3.05) is 24.5 Å². The number of nitrogens with zero attached hydrogens (tertiary/aromatic N) is 3. The number of hydrogen-bond acceptors (Lipinski definition) is 4. The molecule has 2 aliphatic rings. The number of hydrogen-bond donors (Lipinski definition) is 1. The van der Waals surface area contributed by atoms with E-state index < -0.39 is 0 Å². The highest BCUT2D eigenvalue weighted by atomic mass is 15.3. The second kappa shape index (κ2) is 6.61. The van der Waals surface area contributed by atoms with E-state index >= 15 is 0 Å². The molecule has 2 heterocycles. The van der Waals surface area contributed by atoms with Gasteiger partial charge in [-0.15, -0.1) is 5.10 Å². The molecule has 0 aromatic carbocycles. The van der Waals surface area contributed by atoms with Gasteiger partial charge in [-0.3, -0.25) is 0 Å². The lowest BCUT2D eigenvalue weighted by molar-refractivity contribution is 0.480. The highest BCUT2D eigenvalue weighted by Gasteiger charge is 2.20. The smallest absolute Gasteiger partial charge is 0.154 e. The summed E-state index contributed by atoms with van der Waals surface area (Å²) in [6.45, 7) is 9.61. The van der Waals surface area contributed by atoms with E-state index in [1.165, 1.54) is 16.7 Å². The molecule has 1 aliphatic heterocycles. The molecule has 1 atom stereocenters.